The van der Waals surface area contributed by atoms with E-state index in [0.29, 0.717) is 10.0 Å². The molecule has 0 bridgehead atoms. The monoisotopic (exact) mass is 385 g/mol. The molecule has 0 aliphatic rings. The van der Waals surface area contributed by atoms with Crippen molar-refractivity contribution in [2.45, 2.75) is 38.2 Å². The summed E-state index contributed by atoms with van der Waals surface area (Å²) >= 11 is 13.6. The van der Waals surface area contributed by atoms with Gasteiger partial charge >= 0.3 is 0 Å². The van der Waals surface area contributed by atoms with Gasteiger partial charge in [-0.25, -0.2) is 0 Å². The number of thioether (sulfide) groups is 1. The molecule has 1 aromatic carbocycles. The van der Waals surface area contributed by atoms with Gasteiger partial charge in [-0.15, -0.1) is 11.8 Å². The van der Waals surface area contributed by atoms with Crippen molar-refractivity contribution in [2.75, 3.05) is 5.32 Å². The Morgan fingerprint density at radius 3 is 2.46 bits per heavy atom. The number of anilines is 1. The summed E-state index contributed by atoms with van der Waals surface area (Å²) in [4.78, 5) is 12.5. The number of hydrogen-bond acceptors (Lipinski definition) is 3. The molecule has 7 heteroatoms. The molecule has 1 aromatic heterocycles. The second-order valence-corrected chi connectivity index (χ2v) is 8.25. The van der Waals surface area contributed by atoms with E-state index in [1.54, 1.807) is 22.5 Å². The lowest BCUT2D eigenvalue weighted by molar-refractivity contribution is -0.115. The summed E-state index contributed by atoms with van der Waals surface area (Å²) in [6.45, 7) is 7.77. The van der Waals surface area contributed by atoms with Crippen LogP contribution < -0.4 is 5.32 Å². The molecule has 0 saturated carbocycles. The lowest BCUT2D eigenvalue weighted by Gasteiger charge is -2.18. The summed E-state index contributed by atoms with van der Waals surface area (Å²) < 4.78 is 1.76. The summed E-state index contributed by atoms with van der Waals surface area (Å²) in [6, 6.07) is 5.57. The minimum absolute atomic E-state index is 0.0360. The van der Waals surface area contributed by atoms with Crippen molar-refractivity contribution in [1.29, 1.82) is 0 Å². The second-order valence-electron chi connectivity index (χ2n) is 5.75. The third kappa shape index (κ3) is 4.26. The Morgan fingerprint density at radius 2 is 1.92 bits per heavy atom. The fourth-order valence-corrected chi connectivity index (χ4v) is 3.80. The lowest BCUT2D eigenvalue weighted by Crippen LogP contribution is -2.23. The molecule has 1 heterocycles. The van der Waals surface area contributed by atoms with Crippen LogP contribution in [0.4, 0.5) is 5.69 Å². The van der Waals surface area contributed by atoms with Crippen LogP contribution in [0.15, 0.2) is 18.2 Å². The van der Waals surface area contributed by atoms with Crippen molar-refractivity contribution < 1.29 is 4.79 Å². The smallest absolute Gasteiger partial charge is 0.237 e. The number of benzene rings is 1. The highest BCUT2D eigenvalue weighted by molar-refractivity contribution is 8.00. The molecular formula is C17H21Cl2N3OS. The molecule has 1 amide bonds. The Bertz CT molecular complexity index is 761. The summed E-state index contributed by atoms with van der Waals surface area (Å²) in [6.07, 6.45) is 0. The van der Waals surface area contributed by atoms with E-state index >= 15 is 0 Å². The number of halogens is 2. The Labute approximate surface area is 156 Å². The predicted molar refractivity (Wildman–Crippen MR) is 103 cm³/mol. The standard InChI is InChI=1S/C17H21Cl2N3OS/c1-9-16(10(2)22(5)21-9)20-17(23)12(4)24-11(3)13-6-7-14(18)15(19)8-13/h6-8,11-12H,1-5H3,(H,20,23). The minimum atomic E-state index is -0.214. The minimum Gasteiger partial charge on any atom is -0.322 e. The zero-order chi connectivity index (χ0) is 18.0. The lowest BCUT2D eigenvalue weighted by atomic mass is 10.2. The molecule has 0 saturated heterocycles. The van der Waals surface area contributed by atoms with Crippen molar-refractivity contribution in [3.05, 3.63) is 45.2 Å². The van der Waals surface area contributed by atoms with Crippen LogP contribution in [-0.4, -0.2) is 20.9 Å². The molecule has 0 radical (unpaired) electrons. The SMILES string of the molecule is Cc1nn(C)c(C)c1NC(=O)C(C)SC(C)c1ccc(Cl)c(Cl)c1. The fourth-order valence-electron chi connectivity index (χ4n) is 2.39. The number of nitrogens with zero attached hydrogens (tertiary/aromatic N) is 2. The molecule has 2 unspecified atom stereocenters. The van der Waals surface area contributed by atoms with Crippen molar-refractivity contribution in [3.63, 3.8) is 0 Å². The number of carbonyl (C=O) groups is 1. The maximum Gasteiger partial charge on any atom is 0.237 e. The van der Waals surface area contributed by atoms with Crippen molar-refractivity contribution in [2.24, 2.45) is 7.05 Å². The van der Waals surface area contributed by atoms with Gasteiger partial charge in [-0.2, -0.15) is 5.10 Å². The highest BCUT2D eigenvalue weighted by Gasteiger charge is 2.21. The molecule has 0 aliphatic carbocycles. The van der Waals surface area contributed by atoms with E-state index in [1.807, 2.05) is 40.0 Å². The Balaban J connectivity index is 2.04. The Hall–Kier alpha value is -1.17. The van der Waals surface area contributed by atoms with E-state index < -0.39 is 0 Å². The molecule has 24 heavy (non-hydrogen) atoms. The van der Waals surface area contributed by atoms with Crippen LogP contribution in [0.25, 0.3) is 0 Å². The van der Waals surface area contributed by atoms with Gasteiger partial charge in [0.2, 0.25) is 5.91 Å². The number of amides is 1. The van der Waals surface area contributed by atoms with Crippen LogP contribution in [-0.2, 0) is 11.8 Å². The van der Waals surface area contributed by atoms with Gasteiger partial charge in [0.25, 0.3) is 0 Å². The first-order valence-corrected chi connectivity index (χ1v) is 9.32. The summed E-state index contributed by atoms with van der Waals surface area (Å²) in [5, 5.41) is 8.27. The third-order valence-electron chi connectivity index (χ3n) is 3.95. The zero-order valence-electron chi connectivity index (χ0n) is 14.4. The van der Waals surface area contributed by atoms with E-state index in [1.165, 1.54) is 0 Å². The van der Waals surface area contributed by atoms with Gasteiger partial charge in [0.05, 0.1) is 32.4 Å². The Kier molecular flexibility index (Phi) is 6.23. The summed E-state index contributed by atoms with van der Waals surface area (Å²) in [5.41, 5.74) is 3.59. The number of aryl methyl sites for hydroxylation is 2. The van der Waals surface area contributed by atoms with Crippen molar-refractivity contribution >= 4 is 46.6 Å². The van der Waals surface area contributed by atoms with E-state index in [9.17, 15) is 4.79 Å². The number of hydrogen-bond donors (Lipinski definition) is 1. The van der Waals surface area contributed by atoms with Crippen LogP contribution in [0.3, 0.4) is 0 Å². The maximum absolute atomic E-state index is 12.5. The topological polar surface area (TPSA) is 46.9 Å². The van der Waals surface area contributed by atoms with Gasteiger partial charge < -0.3 is 5.32 Å². The molecular weight excluding hydrogens is 365 g/mol. The normalized spacial score (nSPS) is 13.6. The molecule has 2 rings (SSSR count). The average molecular weight is 386 g/mol. The van der Waals surface area contributed by atoms with Gasteiger partial charge in [-0.05, 0) is 45.4 Å². The van der Waals surface area contributed by atoms with Crippen LogP contribution in [0.1, 0.15) is 36.0 Å². The van der Waals surface area contributed by atoms with Crippen LogP contribution in [0.2, 0.25) is 10.0 Å². The van der Waals surface area contributed by atoms with Gasteiger partial charge in [0, 0.05) is 12.3 Å². The maximum atomic E-state index is 12.5. The quantitative estimate of drug-likeness (QED) is 0.772. The van der Waals surface area contributed by atoms with Crippen LogP contribution >= 0.6 is 35.0 Å². The summed E-state index contributed by atoms with van der Waals surface area (Å²) in [7, 11) is 1.86. The van der Waals surface area contributed by atoms with Gasteiger partial charge in [0.1, 0.15) is 0 Å². The first-order chi connectivity index (χ1) is 11.2. The molecule has 1 N–H and O–H groups in total. The van der Waals surface area contributed by atoms with Gasteiger partial charge in [0.15, 0.2) is 0 Å². The van der Waals surface area contributed by atoms with E-state index in [-0.39, 0.29) is 16.4 Å². The number of carbonyl (C=O) groups excluding carboxylic acids is 1. The van der Waals surface area contributed by atoms with Gasteiger partial charge in [-0.3, -0.25) is 9.48 Å². The molecule has 0 spiro atoms. The number of aromatic nitrogens is 2. The number of nitrogens with one attached hydrogen (secondary N) is 1. The van der Waals surface area contributed by atoms with Crippen LogP contribution in [0, 0.1) is 13.8 Å². The largest absolute Gasteiger partial charge is 0.322 e. The molecule has 2 atom stereocenters. The van der Waals surface area contributed by atoms with E-state index in [4.69, 9.17) is 23.2 Å². The van der Waals surface area contributed by atoms with E-state index in [0.717, 1.165) is 22.6 Å². The zero-order valence-corrected chi connectivity index (χ0v) is 16.7. The number of rotatable bonds is 5. The highest BCUT2D eigenvalue weighted by Crippen LogP contribution is 2.35. The highest BCUT2D eigenvalue weighted by atomic mass is 35.5. The van der Waals surface area contributed by atoms with Crippen LogP contribution in [0.5, 0.6) is 0 Å². The van der Waals surface area contributed by atoms with Gasteiger partial charge in [-0.1, -0.05) is 29.3 Å². The average Bonchev–Trinajstić information content (AvgIpc) is 2.76. The first kappa shape index (κ1) is 19.2. The summed E-state index contributed by atoms with van der Waals surface area (Å²) in [5.74, 6) is -0.0360. The molecule has 0 fully saturated rings. The Morgan fingerprint density at radius 1 is 1.25 bits per heavy atom. The molecule has 0 aliphatic heterocycles. The first-order valence-electron chi connectivity index (χ1n) is 7.62. The second kappa shape index (κ2) is 7.81. The van der Waals surface area contributed by atoms with Crippen molar-refractivity contribution in [1.82, 2.24) is 9.78 Å². The molecule has 2 aromatic rings. The molecule has 4 nitrogen and oxygen atoms in total. The fraction of sp³-hybridized carbons (Fsp3) is 0.412. The molecule has 130 valence electrons. The van der Waals surface area contributed by atoms with Crippen molar-refractivity contribution in [3.8, 4) is 0 Å². The predicted octanol–water partition coefficient (Wildman–Crippen LogP) is 5.17. The van der Waals surface area contributed by atoms with E-state index in [2.05, 4.69) is 17.3 Å². The third-order valence-corrected chi connectivity index (χ3v) is 5.99.